The second kappa shape index (κ2) is 8.05. The second-order valence-corrected chi connectivity index (χ2v) is 6.81. The van der Waals surface area contributed by atoms with E-state index in [1.54, 1.807) is 33.8 Å². The van der Waals surface area contributed by atoms with Gasteiger partial charge in [-0.25, -0.2) is 14.3 Å². The first kappa shape index (κ1) is 18.5. The maximum absolute atomic E-state index is 12.9. The Morgan fingerprint density at radius 2 is 1.86 bits per heavy atom. The van der Waals surface area contributed by atoms with Gasteiger partial charge in [0.1, 0.15) is 12.7 Å². The smallest absolute Gasteiger partial charge is 0.276 e. The number of nitrogens with zero attached hydrogens (tertiary/aromatic N) is 7. The number of carbonyl (C=O) groups excluding carboxylic acids is 1. The van der Waals surface area contributed by atoms with E-state index in [2.05, 4.69) is 20.4 Å². The Kier molecular flexibility index (Phi) is 5.15. The Labute approximate surface area is 168 Å². The molecule has 0 aliphatic rings. The predicted octanol–water partition coefficient (Wildman–Crippen LogP) is 2.74. The Hall–Kier alpha value is -3.81. The van der Waals surface area contributed by atoms with E-state index in [1.165, 1.54) is 6.33 Å². The highest BCUT2D eigenvalue weighted by Crippen LogP contribution is 2.21. The third-order valence-electron chi connectivity index (χ3n) is 4.91. The Morgan fingerprint density at radius 1 is 1.10 bits per heavy atom. The summed E-state index contributed by atoms with van der Waals surface area (Å²) in [5.74, 6) is -0.169. The first-order valence-electron chi connectivity index (χ1n) is 9.28. The number of aromatic nitrogens is 6. The normalized spacial score (nSPS) is 11.9. The van der Waals surface area contributed by atoms with Crippen molar-refractivity contribution >= 4 is 5.91 Å². The van der Waals surface area contributed by atoms with Crippen LogP contribution in [0.3, 0.4) is 0 Å². The summed E-state index contributed by atoms with van der Waals surface area (Å²) in [5.41, 5.74) is 3.36. The minimum atomic E-state index is -0.169. The highest BCUT2D eigenvalue weighted by atomic mass is 16.2. The van der Waals surface area contributed by atoms with Crippen LogP contribution in [-0.2, 0) is 6.54 Å². The van der Waals surface area contributed by atoms with Crippen LogP contribution in [0.15, 0.2) is 73.4 Å². The summed E-state index contributed by atoms with van der Waals surface area (Å²) in [6.07, 6.45) is 4.83. The van der Waals surface area contributed by atoms with Crippen LogP contribution in [0.1, 0.15) is 34.6 Å². The fourth-order valence-corrected chi connectivity index (χ4v) is 3.07. The molecule has 4 rings (SSSR count). The molecule has 2 aromatic heterocycles. The minimum absolute atomic E-state index is 0.119. The number of hydrogen-bond acceptors (Lipinski definition) is 5. The van der Waals surface area contributed by atoms with Crippen molar-refractivity contribution in [1.82, 2.24) is 34.7 Å². The lowest BCUT2D eigenvalue weighted by Gasteiger charge is -2.24. The number of hydrogen-bond donors (Lipinski definition) is 0. The standard InChI is InChI=1S/C21H21N7O/c1-16(18-8-10-19(11-9-18)28-15-22-14-23-28)26(2)21(29)20-13-27(25-24-20)12-17-6-4-3-5-7-17/h3-11,13-16H,12H2,1-2H3. The monoisotopic (exact) mass is 387 g/mol. The van der Waals surface area contributed by atoms with E-state index in [4.69, 9.17) is 0 Å². The van der Waals surface area contributed by atoms with E-state index in [0.29, 0.717) is 12.2 Å². The maximum Gasteiger partial charge on any atom is 0.276 e. The van der Waals surface area contributed by atoms with E-state index in [1.807, 2.05) is 61.5 Å². The molecule has 8 nitrogen and oxygen atoms in total. The molecule has 0 saturated carbocycles. The molecular weight excluding hydrogens is 366 g/mol. The lowest BCUT2D eigenvalue weighted by molar-refractivity contribution is 0.0736. The van der Waals surface area contributed by atoms with E-state index in [9.17, 15) is 4.79 Å². The van der Waals surface area contributed by atoms with Crippen LogP contribution in [0.5, 0.6) is 0 Å². The van der Waals surface area contributed by atoms with Crippen LogP contribution in [-0.4, -0.2) is 47.6 Å². The number of amides is 1. The van der Waals surface area contributed by atoms with Gasteiger partial charge >= 0.3 is 0 Å². The molecule has 0 spiro atoms. The molecule has 146 valence electrons. The summed E-state index contributed by atoms with van der Waals surface area (Å²) in [5, 5.41) is 12.3. The molecule has 29 heavy (non-hydrogen) atoms. The molecule has 1 unspecified atom stereocenters. The van der Waals surface area contributed by atoms with Gasteiger partial charge in [0, 0.05) is 7.05 Å². The van der Waals surface area contributed by atoms with E-state index in [-0.39, 0.29) is 11.9 Å². The van der Waals surface area contributed by atoms with Gasteiger partial charge in [-0.05, 0) is 30.2 Å². The zero-order valence-electron chi connectivity index (χ0n) is 16.3. The molecule has 8 heteroatoms. The highest BCUT2D eigenvalue weighted by molar-refractivity contribution is 5.92. The van der Waals surface area contributed by atoms with Gasteiger partial charge in [0.05, 0.1) is 24.5 Å². The van der Waals surface area contributed by atoms with Gasteiger partial charge in [0.25, 0.3) is 5.91 Å². The van der Waals surface area contributed by atoms with E-state index >= 15 is 0 Å². The lowest BCUT2D eigenvalue weighted by Crippen LogP contribution is -2.30. The Morgan fingerprint density at radius 3 is 2.55 bits per heavy atom. The summed E-state index contributed by atoms with van der Waals surface area (Å²) in [6.45, 7) is 2.56. The Balaban J connectivity index is 1.44. The molecule has 2 heterocycles. The fraction of sp³-hybridized carbons (Fsp3) is 0.190. The summed E-state index contributed by atoms with van der Waals surface area (Å²) >= 11 is 0. The molecule has 0 radical (unpaired) electrons. The van der Waals surface area contributed by atoms with Gasteiger partial charge in [0.15, 0.2) is 5.69 Å². The van der Waals surface area contributed by atoms with Crippen molar-refractivity contribution in [3.05, 3.63) is 90.3 Å². The van der Waals surface area contributed by atoms with Gasteiger partial charge in [-0.15, -0.1) is 5.10 Å². The first-order valence-corrected chi connectivity index (χ1v) is 9.28. The second-order valence-electron chi connectivity index (χ2n) is 6.81. The quantitative estimate of drug-likeness (QED) is 0.508. The zero-order valence-corrected chi connectivity index (χ0v) is 16.3. The Bertz CT molecular complexity index is 1070. The van der Waals surface area contributed by atoms with Gasteiger partial charge in [-0.1, -0.05) is 47.7 Å². The van der Waals surface area contributed by atoms with Gasteiger partial charge in [-0.2, -0.15) is 5.10 Å². The van der Waals surface area contributed by atoms with Gasteiger partial charge in [-0.3, -0.25) is 4.79 Å². The summed E-state index contributed by atoms with van der Waals surface area (Å²) in [4.78, 5) is 18.5. The molecule has 2 aromatic carbocycles. The largest absolute Gasteiger partial charge is 0.334 e. The minimum Gasteiger partial charge on any atom is -0.334 e. The average molecular weight is 387 g/mol. The molecule has 0 aliphatic carbocycles. The van der Waals surface area contributed by atoms with E-state index < -0.39 is 0 Å². The highest BCUT2D eigenvalue weighted by Gasteiger charge is 2.21. The zero-order chi connectivity index (χ0) is 20.2. The van der Waals surface area contributed by atoms with Crippen molar-refractivity contribution in [3.63, 3.8) is 0 Å². The van der Waals surface area contributed by atoms with Crippen LogP contribution >= 0.6 is 0 Å². The predicted molar refractivity (Wildman–Crippen MR) is 107 cm³/mol. The topological polar surface area (TPSA) is 81.7 Å². The molecule has 4 aromatic rings. The van der Waals surface area contributed by atoms with Crippen LogP contribution in [0, 0.1) is 0 Å². The molecule has 0 aliphatic heterocycles. The third-order valence-corrected chi connectivity index (χ3v) is 4.91. The van der Waals surface area contributed by atoms with Crippen LogP contribution < -0.4 is 0 Å². The van der Waals surface area contributed by atoms with Crippen molar-refractivity contribution < 1.29 is 4.79 Å². The first-order chi connectivity index (χ1) is 14.1. The average Bonchev–Trinajstić information content (AvgIpc) is 3.45. The fourth-order valence-electron chi connectivity index (χ4n) is 3.07. The van der Waals surface area contributed by atoms with E-state index in [0.717, 1.165) is 16.8 Å². The third kappa shape index (κ3) is 4.06. The molecule has 0 saturated heterocycles. The summed E-state index contributed by atoms with van der Waals surface area (Å²) in [6, 6.07) is 17.7. The molecule has 0 N–H and O–H groups in total. The summed E-state index contributed by atoms with van der Waals surface area (Å²) < 4.78 is 3.36. The van der Waals surface area contributed by atoms with Crippen LogP contribution in [0.25, 0.3) is 5.69 Å². The number of carbonyl (C=O) groups is 1. The van der Waals surface area contributed by atoms with Crippen molar-refractivity contribution in [2.24, 2.45) is 0 Å². The van der Waals surface area contributed by atoms with Crippen LogP contribution in [0.2, 0.25) is 0 Å². The van der Waals surface area contributed by atoms with Crippen molar-refractivity contribution in [3.8, 4) is 5.69 Å². The number of rotatable bonds is 6. The van der Waals surface area contributed by atoms with Gasteiger partial charge in [0.2, 0.25) is 0 Å². The van der Waals surface area contributed by atoms with Crippen LogP contribution in [0.4, 0.5) is 0 Å². The van der Waals surface area contributed by atoms with Gasteiger partial charge < -0.3 is 4.90 Å². The molecule has 1 atom stereocenters. The number of benzene rings is 2. The van der Waals surface area contributed by atoms with Crippen molar-refractivity contribution in [1.29, 1.82) is 0 Å². The SMILES string of the molecule is CC(c1ccc(-n2cncn2)cc1)N(C)C(=O)c1cn(Cc2ccccc2)nn1. The molecule has 0 bridgehead atoms. The molecule has 1 amide bonds. The molecular formula is C21H21N7O. The maximum atomic E-state index is 12.9. The summed E-state index contributed by atoms with van der Waals surface area (Å²) in [7, 11) is 1.77. The van der Waals surface area contributed by atoms with Crippen molar-refractivity contribution in [2.75, 3.05) is 7.05 Å². The lowest BCUT2D eigenvalue weighted by atomic mass is 10.1. The van der Waals surface area contributed by atoms with Crippen molar-refractivity contribution in [2.45, 2.75) is 19.5 Å². The molecule has 0 fully saturated rings.